The standard InChI is InChI=1S/C56H34O/c1-3-13-38-31-40(26-23-35(38)11-1)41-29-30-52-51(33-41)56-44(20-10-22-53(56)57-52)42-27-25-37-15-9-21-49(50(37)34-42)55-47-18-7-5-16-45(47)54(46-17-6-8-19-48(46)55)43-28-24-36-12-2-4-14-39(36)32-43/h1-34H/i2D,4D,5D,6D,7D,8D,9D,12D,14D,15D,16D,17D,18D,19D,21D,24D,25D,27D,28D,32D,34D. The molecule has 0 saturated carbocycles. The van der Waals surface area contributed by atoms with Gasteiger partial charge in [0.25, 0.3) is 0 Å². The van der Waals surface area contributed by atoms with Gasteiger partial charge in [-0.25, -0.2) is 0 Å². The summed E-state index contributed by atoms with van der Waals surface area (Å²) in [6, 6.07) is 7.00. The van der Waals surface area contributed by atoms with Crippen LogP contribution in [0.5, 0.6) is 0 Å². The maximum absolute atomic E-state index is 10.2. The van der Waals surface area contributed by atoms with Crippen LogP contribution in [0, 0.1) is 0 Å². The fourth-order valence-corrected chi connectivity index (χ4v) is 7.84. The molecule has 0 atom stereocenters. The molecule has 1 nitrogen and oxygen atoms in total. The van der Waals surface area contributed by atoms with E-state index in [4.69, 9.17) is 16.8 Å². The van der Waals surface area contributed by atoms with E-state index in [0.29, 0.717) is 21.9 Å². The Kier molecular flexibility index (Phi) is 3.86. The van der Waals surface area contributed by atoms with Crippen LogP contribution < -0.4 is 0 Å². The highest BCUT2D eigenvalue weighted by Crippen LogP contribution is 2.47. The summed E-state index contributed by atoms with van der Waals surface area (Å²) in [5.74, 6) is 0. The van der Waals surface area contributed by atoms with Crippen LogP contribution in [0.25, 0.3) is 120 Å². The molecule has 1 heterocycles. The number of fused-ring (bicyclic) bond motifs is 8. The first kappa shape index (κ1) is 17.5. The van der Waals surface area contributed by atoms with Gasteiger partial charge < -0.3 is 4.42 Å². The molecule has 0 unspecified atom stereocenters. The summed E-state index contributed by atoms with van der Waals surface area (Å²) in [4.78, 5) is 0. The summed E-state index contributed by atoms with van der Waals surface area (Å²) in [5, 5.41) is -1.56. The van der Waals surface area contributed by atoms with E-state index in [1.807, 2.05) is 54.6 Å². The van der Waals surface area contributed by atoms with Gasteiger partial charge in [0.1, 0.15) is 11.2 Å². The van der Waals surface area contributed by atoms with Crippen molar-refractivity contribution in [3.05, 3.63) is 206 Å². The maximum Gasteiger partial charge on any atom is 0.136 e. The molecular weight excluding hydrogens is 689 g/mol. The molecule has 0 amide bonds. The smallest absolute Gasteiger partial charge is 0.136 e. The van der Waals surface area contributed by atoms with Crippen molar-refractivity contribution in [1.82, 2.24) is 0 Å². The third kappa shape index (κ3) is 5.03. The van der Waals surface area contributed by atoms with Crippen molar-refractivity contribution in [2.24, 2.45) is 0 Å². The quantitative estimate of drug-likeness (QED) is 0.164. The minimum atomic E-state index is -0.912. The largest absolute Gasteiger partial charge is 0.456 e. The highest BCUT2D eigenvalue weighted by Gasteiger charge is 2.19. The van der Waals surface area contributed by atoms with Gasteiger partial charge in [-0.1, -0.05) is 169 Å². The van der Waals surface area contributed by atoms with Crippen LogP contribution in [0.3, 0.4) is 0 Å². The molecule has 0 N–H and O–H groups in total. The predicted octanol–water partition coefficient (Wildman–Crippen LogP) is 16.0. The predicted molar refractivity (Wildman–Crippen MR) is 243 cm³/mol. The van der Waals surface area contributed by atoms with Gasteiger partial charge in [-0.3, -0.25) is 0 Å². The Balaban J connectivity index is 1.28. The molecule has 0 fully saturated rings. The Morgan fingerprint density at radius 1 is 0.333 bits per heavy atom. The molecule has 0 radical (unpaired) electrons. The summed E-state index contributed by atoms with van der Waals surface area (Å²) < 4.78 is 201. The molecular formula is C56H34O. The lowest BCUT2D eigenvalue weighted by molar-refractivity contribution is 0.669. The number of hydrogen-bond donors (Lipinski definition) is 0. The Morgan fingerprint density at radius 3 is 1.82 bits per heavy atom. The zero-order valence-corrected chi connectivity index (χ0v) is 29.4. The summed E-state index contributed by atoms with van der Waals surface area (Å²) in [7, 11) is 0. The van der Waals surface area contributed by atoms with E-state index in [9.17, 15) is 16.4 Å². The van der Waals surface area contributed by atoms with E-state index >= 15 is 0 Å². The Labute approximate surface area is 359 Å². The average Bonchev–Trinajstić information content (AvgIpc) is 3.29. The third-order valence-corrected chi connectivity index (χ3v) is 10.4. The molecule has 1 aromatic heterocycles. The molecule has 0 saturated heterocycles. The van der Waals surface area contributed by atoms with E-state index in [1.54, 1.807) is 24.3 Å². The summed E-state index contributed by atoms with van der Waals surface area (Å²) in [5.41, 5.74) is -0.0758. The molecule has 0 spiro atoms. The number of furan rings is 1. The first-order valence-electron chi connectivity index (χ1n) is 28.5. The molecule has 12 rings (SSSR count). The van der Waals surface area contributed by atoms with Gasteiger partial charge in [0.15, 0.2) is 0 Å². The second-order valence-electron chi connectivity index (χ2n) is 13.6. The molecule has 57 heavy (non-hydrogen) atoms. The van der Waals surface area contributed by atoms with Crippen molar-refractivity contribution >= 4 is 75.8 Å². The number of benzene rings is 11. The van der Waals surface area contributed by atoms with E-state index in [0.717, 1.165) is 21.9 Å². The molecule has 0 aliphatic heterocycles. The lowest BCUT2D eigenvalue weighted by Crippen LogP contribution is -1.92. The van der Waals surface area contributed by atoms with Crippen molar-refractivity contribution in [3.63, 3.8) is 0 Å². The first-order valence-corrected chi connectivity index (χ1v) is 18.0. The van der Waals surface area contributed by atoms with E-state index < -0.39 is 192 Å². The van der Waals surface area contributed by atoms with Crippen LogP contribution in [0.4, 0.5) is 0 Å². The molecule has 0 bridgehead atoms. The highest BCUT2D eigenvalue weighted by atomic mass is 16.3. The monoisotopic (exact) mass is 743 g/mol. The molecule has 264 valence electrons. The van der Waals surface area contributed by atoms with Gasteiger partial charge in [-0.15, -0.1) is 0 Å². The van der Waals surface area contributed by atoms with Crippen molar-refractivity contribution in [1.29, 1.82) is 0 Å². The normalized spacial score (nSPS) is 17.0. The van der Waals surface area contributed by atoms with E-state index in [1.165, 1.54) is 0 Å². The van der Waals surface area contributed by atoms with Crippen LogP contribution in [-0.4, -0.2) is 0 Å². The maximum atomic E-state index is 10.2. The minimum absolute atomic E-state index is 0.201. The van der Waals surface area contributed by atoms with Crippen LogP contribution in [0.1, 0.15) is 28.8 Å². The van der Waals surface area contributed by atoms with Crippen LogP contribution in [0.2, 0.25) is 0 Å². The fraction of sp³-hybridized carbons (Fsp3) is 0. The van der Waals surface area contributed by atoms with Crippen LogP contribution in [-0.2, 0) is 0 Å². The summed E-state index contributed by atoms with van der Waals surface area (Å²) in [6.07, 6.45) is 0. The third-order valence-electron chi connectivity index (χ3n) is 10.4. The second-order valence-corrected chi connectivity index (χ2v) is 13.6. The summed E-state index contributed by atoms with van der Waals surface area (Å²) >= 11 is 0. The lowest BCUT2D eigenvalue weighted by atomic mass is 9.84. The number of hydrogen-bond acceptors (Lipinski definition) is 1. The van der Waals surface area contributed by atoms with E-state index in [2.05, 4.69) is 0 Å². The summed E-state index contributed by atoms with van der Waals surface area (Å²) in [6.45, 7) is 0. The van der Waals surface area contributed by atoms with Gasteiger partial charge in [0, 0.05) is 10.8 Å². The van der Waals surface area contributed by atoms with Crippen molar-refractivity contribution < 1.29 is 33.2 Å². The Bertz CT molecular complexity index is 4730. The molecule has 0 aliphatic rings. The second kappa shape index (κ2) is 12.5. The van der Waals surface area contributed by atoms with Crippen LogP contribution >= 0.6 is 0 Å². The van der Waals surface area contributed by atoms with Crippen molar-refractivity contribution in [2.75, 3.05) is 0 Å². The number of rotatable bonds is 4. The molecule has 0 aliphatic carbocycles. The molecule has 1 heteroatoms. The Morgan fingerprint density at radius 2 is 1.00 bits per heavy atom. The Hall–Kier alpha value is -7.48. The minimum Gasteiger partial charge on any atom is -0.456 e. The zero-order valence-electron chi connectivity index (χ0n) is 50.4. The van der Waals surface area contributed by atoms with Gasteiger partial charge in [-0.2, -0.15) is 0 Å². The average molecular weight is 744 g/mol. The van der Waals surface area contributed by atoms with Crippen LogP contribution in [0.15, 0.2) is 210 Å². The zero-order chi connectivity index (χ0) is 55.7. The SMILES string of the molecule is [2H]c1c([2H])c([2H])c2c([2H])c(-c3c4c([2H])c([2H])c([2H])c([2H])c4c(-c4c([2H])c([2H])c([2H])c5c([2H])c([2H])c(-c6cccc7oc8ccc(-c9ccc%10ccccc%10c9)cc8c67)c([2H])c45)c4c([2H])c([2H])c([2H])c([2H])c34)c([2H])c([2H])c2c1[2H]. The van der Waals surface area contributed by atoms with E-state index in [-0.39, 0.29) is 11.1 Å². The first-order chi connectivity index (χ1) is 37.0. The van der Waals surface area contributed by atoms with Gasteiger partial charge in [0.05, 0.1) is 28.8 Å². The van der Waals surface area contributed by atoms with Crippen molar-refractivity contribution in [3.8, 4) is 44.5 Å². The lowest BCUT2D eigenvalue weighted by Gasteiger charge is -2.19. The van der Waals surface area contributed by atoms with Gasteiger partial charge >= 0.3 is 0 Å². The van der Waals surface area contributed by atoms with Gasteiger partial charge in [0.2, 0.25) is 0 Å². The molecule has 11 aromatic carbocycles. The topological polar surface area (TPSA) is 13.1 Å². The molecule has 12 aromatic rings. The highest BCUT2D eigenvalue weighted by molar-refractivity contribution is 6.24. The van der Waals surface area contributed by atoms with Gasteiger partial charge in [-0.05, 0) is 135 Å². The van der Waals surface area contributed by atoms with Crippen molar-refractivity contribution in [2.45, 2.75) is 0 Å². The fourth-order valence-electron chi connectivity index (χ4n) is 7.84.